The molecule has 1 aromatic heterocycles. The zero-order valence-electron chi connectivity index (χ0n) is 18.6. The van der Waals surface area contributed by atoms with E-state index in [2.05, 4.69) is 85.3 Å². The number of carbonyl (C=O) groups excluding carboxylic acids is 1. The van der Waals surface area contributed by atoms with E-state index in [0.29, 0.717) is 0 Å². The molecule has 4 rings (SSSR count). The minimum Gasteiger partial charge on any atom is -0.350 e. The summed E-state index contributed by atoms with van der Waals surface area (Å²) in [6, 6.07) is 27.1. The van der Waals surface area contributed by atoms with Crippen molar-refractivity contribution in [2.75, 3.05) is 0 Å². The monoisotopic (exact) mass is 410 g/mol. The van der Waals surface area contributed by atoms with Crippen LogP contribution in [0.5, 0.6) is 0 Å². The van der Waals surface area contributed by atoms with Crippen LogP contribution in [0.3, 0.4) is 0 Å². The third-order valence-corrected chi connectivity index (χ3v) is 6.17. The van der Waals surface area contributed by atoms with Crippen LogP contribution >= 0.6 is 0 Å². The first-order valence-electron chi connectivity index (χ1n) is 11.0. The second kappa shape index (κ2) is 9.22. The van der Waals surface area contributed by atoms with Crippen LogP contribution in [0.2, 0.25) is 0 Å². The van der Waals surface area contributed by atoms with E-state index in [1.165, 1.54) is 27.9 Å². The summed E-state index contributed by atoms with van der Waals surface area (Å²) in [5.41, 5.74) is 6.95. The number of nitrogens with one attached hydrogen (secondary N) is 1. The van der Waals surface area contributed by atoms with E-state index >= 15 is 0 Å². The van der Waals surface area contributed by atoms with Gasteiger partial charge in [0.15, 0.2) is 0 Å². The lowest BCUT2D eigenvalue weighted by Gasteiger charge is -2.14. The fourth-order valence-corrected chi connectivity index (χ4v) is 4.17. The molecule has 1 amide bonds. The molecule has 1 N–H and O–H groups in total. The molecule has 0 saturated carbocycles. The largest absolute Gasteiger partial charge is 0.350 e. The fourth-order valence-electron chi connectivity index (χ4n) is 4.17. The van der Waals surface area contributed by atoms with Crippen molar-refractivity contribution in [3.05, 3.63) is 107 Å². The molecule has 4 aromatic rings. The van der Waals surface area contributed by atoms with Gasteiger partial charge in [0.25, 0.3) is 5.91 Å². The van der Waals surface area contributed by atoms with Crippen LogP contribution in [-0.4, -0.2) is 16.5 Å². The molecule has 0 aliphatic rings. The Hall–Kier alpha value is -3.33. The van der Waals surface area contributed by atoms with E-state index in [4.69, 9.17) is 0 Å². The summed E-state index contributed by atoms with van der Waals surface area (Å²) >= 11 is 0. The molecule has 31 heavy (non-hydrogen) atoms. The molecule has 0 fully saturated rings. The van der Waals surface area contributed by atoms with Crippen LogP contribution in [0.1, 0.15) is 46.1 Å². The fraction of sp³-hybridized carbons (Fsp3) is 0.250. The van der Waals surface area contributed by atoms with Crippen molar-refractivity contribution in [2.24, 2.45) is 0 Å². The predicted octanol–water partition coefficient (Wildman–Crippen LogP) is 6.06. The molecule has 0 spiro atoms. The summed E-state index contributed by atoms with van der Waals surface area (Å²) in [6.07, 6.45) is 1.88. The number of hydrogen-bond acceptors (Lipinski definition) is 1. The summed E-state index contributed by atoms with van der Waals surface area (Å²) < 4.78 is 2.34. The Kier molecular flexibility index (Phi) is 6.22. The molecule has 0 saturated heterocycles. The number of benzene rings is 3. The van der Waals surface area contributed by atoms with Crippen molar-refractivity contribution in [2.45, 2.75) is 46.2 Å². The molecule has 3 aromatic carbocycles. The topological polar surface area (TPSA) is 34.0 Å². The zero-order valence-corrected chi connectivity index (χ0v) is 18.6. The van der Waals surface area contributed by atoms with Crippen LogP contribution in [0.4, 0.5) is 0 Å². The summed E-state index contributed by atoms with van der Waals surface area (Å²) in [5, 5.41) is 4.32. The Morgan fingerprint density at radius 3 is 2.23 bits per heavy atom. The highest BCUT2D eigenvalue weighted by Crippen LogP contribution is 2.27. The highest BCUT2D eigenvalue weighted by atomic mass is 16.1. The van der Waals surface area contributed by atoms with Crippen LogP contribution in [-0.2, 0) is 13.0 Å². The number of rotatable bonds is 7. The maximum Gasteiger partial charge on any atom is 0.251 e. The van der Waals surface area contributed by atoms with Gasteiger partial charge in [0, 0.05) is 34.7 Å². The third-order valence-electron chi connectivity index (χ3n) is 6.17. The van der Waals surface area contributed by atoms with Gasteiger partial charge < -0.3 is 9.88 Å². The Morgan fingerprint density at radius 1 is 0.903 bits per heavy atom. The molecule has 0 aliphatic carbocycles. The first-order valence-corrected chi connectivity index (χ1v) is 11.0. The molecule has 1 heterocycles. The van der Waals surface area contributed by atoms with Gasteiger partial charge in [0.1, 0.15) is 0 Å². The van der Waals surface area contributed by atoms with Crippen molar-refractivity contribution < 1.29 is 4.79 Å². The van der Waals surface area contributed by atoms with Crippen molar-refractivity contribution in [3.63, 3.8) is 0 Å². The predicted molar refractivity (Wildman–Crippen MR) is 129 cm³/mol. The van der Waals surface area contributed by atoms with E-state index in [1.807, 2.05) is 24.3 Å². The van der Waals surface area contributed by atoms with Crippen molar-refractivity contribution in [1.82, 2.24) is 9.88 Å². The van der Waals surface area contributed by atoms with Gasteiger partial charge in [0.2, 0.25) is 0 Å². The van der Waals surface area contributed by atoms with Gasteiger partial charge in [-0.25, -0.2) is 0 Å². The smallest absolute Gasteiger partial charge is 0.251 e. The minimum atomic E-state index is -0.00433. The second-order valence-electron chi connectivity index (χ2n) is 8.41. The van der Waals surface area contributed by atoms with Gasteiger partial charge in [-0.2, -0.15) is 0 Å². The lowest BCUT2D eigenvalue weighted by atomic mass is 10.1. The van der Waals surface area contributed by atoms with E-state index in [1.54, 1.807) is 0 Å². The molecule has 0 bridgehead atoms. The SMILES string of the molecule is Cc1c(C)n(Cc2ccccc2)c2ccc(C(=O)N[C@@H](C)CCc3ccccc3)cc12. The number of amides is 1. The Bertz CT molecular complexity index is 1180. The summed E-state index contributed by atoms with van der Waals surface area (Å²) in [7, 11) is 0. The van der Waals surface area contributed by atoms with Crippen LogP contribution in [0, 0.1) is 13.8 Å². The maximum absolute atomic E-state index is 12.9. The van der Waals surface area contributed by atoms with Crippen LogP contribution < -0.4 is 5.32 Å². The number of fused-ring (bicyclic) bond motifs is 1. The number of aryl methyl sites for hydroxylation is 2. The van der Waals surface area contributed by atoms with Gasteiger partial charge in [0.05, 0.1) is 0 Å². The van der Waals surface area contributed by atoms with Gasteiger partial charge in [-0.1, -0.05) is 60.7 Å². The van der Waals surface area contributed by atoms with E-state index in [-0.39, 0.29) is 11.9 Å². The van der Waals surface area contributed by atoms with Crippen molar-refractivity contribution in [1.29, 1.82) is 0 Å². The number of aromatic nitrogens is 1. The molecular formula is C28H30N2O. The van der Waals surface area contributed by atoms with E-state index in [0.717, 1.165) is 30.3 Å². The molecule has 0 radical (unpaired) electrons. The first kappa shape index (κ1) is 20.9. The molecule has 3 nitrogen and oxygen atoms in total. The summed E-state index contributed by atoms with van der Waals surface area (Å²) in [4.78, 5) is 12.9. The number of carbonyl (C=O) groups is 1. The Morgan fingerprint density at radius 2 is 1.55 bits per heavy atom. The lowest BCUT2D eigenvalue weighted by molar-refractivity contribution is 0.0938. The highest BCUT2D eigenvalue weighted by Gasteiger charge is 2.15. The van der Waals surface area contributed by atoms with E-state index in [9.17, 15) is 4.79 Å². The Labute approximate surface area is 184 Å². The van der Waals surface area contributed by atoms with Crippen molar-refractivity contribution in [3.8, 4) is 0 Å². The quantitative estimate of drug-likeness (QED) is 0.395. The molecule has 1 atom stereocenters. The zero-order chi connectivity index (χ0) is 21.8. The van der Waals surface area contributed by atoms with Crippen LogP contribution in [0.15, 0.2) is 78.9 Å². The van der Waals surface area contributed by atoms with Crippen molar-refractivity contribution >= 4 is 16.8 Å². The Balaban J connectivity index is 1.49. The number of nitrogens with zero attached hydrogens (tertiary/aromatic N) is 1. The lowest BCUT2D eigenvalue weighted by Crippen LogP contribution is -2.32. The molecule has 0 aliphatic heterocycles. The van der Waals surface area contributed by atoms with Crippen LogP contribution in [0.25, 0.3) is 10.9 Å². The van der Waals surface area contributed by atoms with Gasteiger partial charge >= 0.3 is 0 Å². The molecule has 0 unspecified atom stereocenters. The average molecular weight is 411 g/mol. The van der Waals surface area contributed by atoms with E-state index < -0.39 is 0 Å². The molecule has 3 heteroatoms. The third kappa shape index (κ3) is 4.72. The van der Waals surface area contributed by atoms with Gasteiger partial charge in [-0.15, -0.1) is 0 Å². The van der Waals surface area contributed by atoms with Gasteiger partial charge in [-0.05, 0) is 68.5 Å². The molecule has 158 valence electrons. The summed E-state index contributed by atoms with van der Waals surface area (Å²) in [6.45, 7) is 7.21. The van der Waals surface area contributed by atoms with Gasteiger partial charge in [-0.3, -0.25) is 4.79 Å². The molecular weight excluding hydrogens is 380 g/mol. The number of hydrogen-bond donors (Lipinski definition) is 1. The first-order chi connectivity index (χ1) is 15.0. The highest BCUT2D eigenvalue weighted by molar-refractivity contribution is 5.99. The second-order valence-corrected chi connectivity index (χ2v) is 8.41. The average Bonchev–Trinajstić information content (AvgIpc) is 3.03. The minimum absolute atomic E-state index is 0.00433. The maximum atomic E-state index is 12.9. The standard InChI is InChI=1S/C28H30N2O/c1-20(14-15-23-10-6-4-7-11-23)29-28(31)25-16-17-27-26(18-25)21(2)22(3)30(27)19-24-12-8-5-9-13-24/h4-13,16-18,20H,14-15,19H2,1-3H3,(H,29,31)/t20-/m0/s1. The summed E-state index contributed by atoms with van der Waals surface area (Å²) in [5.74, 6) is -0.00433. The normalized spacial score (nSPS) is 12.1.